The van der Waals surface area contributed by atoms with Gasteiger partial charge >= 0.3 is 12.1 Å². The van der Waals surface area contributed by atoms with Crippen molar-refractivity contribution in [1.82, 2.24) is 5.32 Å². The van der Waals surface area contributed by atoms with Crippen LogP contribution in [0.3, 0.4) is 0 Å². The summed E-state index contributed by atoms with van der Waals surface area (Å²) in [6, 6.07) is -0.301. The van der Waals surface area contributed by atoms with Gasteiger partial charge in [-0.3, -0.25) is 4.79 Å². The molecule has 1 aliphatic carbocycles. The minimum Gasteiger partial charge on any atom is -0.481 e. The summed E-state index contributed by atoms with van der Waals surface area (Å²) in [4.78, 5) is 21.9. The van der Waals surface area contributed by atoms with E-state index in [2.05, 4.69) is 10.1 Å². The number of hydrogen-bond acceptors (Lipinski definition) is 3. The number of amides is 1. The summed E-state index contributed by atoms with van der Waals surface area (Å²) >= 11 is 0. The third-order valence-electron chi connectivity index (χ3n) is 3.10. The first-order valence-corrected chi connectivity index (χ1v) is 5.69. The Morgan fingerprint density at radius 1 is 1.38 bits per heavy atom. The number of nitrogens with one attached hydrogen (secondary N) is 1. The van der Waals surface area contributed by atoms with E-state index in [-0.39, 0.29) is 18.4 Å². The second-order valence-corrected chi connectivity index (χ2v) is 4.24. The van der Waals surface area contributed by atoms with Crippen LogP contribution in [0.25, 0.3) is 0 Å². The molecule has 0 aromatic heterocycles. The molecule has 1 amide bonds. The van der Waals surface area contributed by atoms with Gasteiger partial charge in [0.25, 0.3) is 0 Å². The van der Waals surface area contributed by atoms with Gasteiger partial charge in [0.15, 0.2) is 0 Å². The molecule has 0 aromatic carbocycles. The third kappa shape index (κ3) is 4.08. The summed E-state index contributed by atoms with van der Waals surface area (Å²) in [5, 5.41) is 11.4. The van der Waals surface area contributed by atoms with Gasteiger partial charge in [0.2, 0.25) is 0 Å². The average Bonchev–Trinajstić information content (AvgIpc) is 2.28. The molecule has 5 nitrogen and oxygen atoms in total. The Balaban J connectivity index is 2.53. The topological polar surface area (TPSA) is 75.6 Å². The summed E-state index contributed by atoms with van der Waals surface area (Å²) in [5.74, 6) is -0.615. The first-order valence-electron chi connectivity index (χ1n) is 5.69. The lowest BCUT2D eigenvalue weighted by atomic mass is 9.83. The molecule has 0 saturated heterocycles. The van der Waals surface area contributed by atoms with Gasteiger partial charge in [-0.1, -0.05) is 19.3 Å². The SMILES string of the molecule is COC(=O)NC(CC(=O)O)C1CCCCC1. The maximum Gasteiger partial charge on any atom is 0.407 e. The van der Waals surface area contributed by atoms with Crippen molar-refractivity contribution in [2.24, 2.45) is 5.92 Å². The molecule has 1 unspecified atom stereocenters. The van der Waals surface area contributed by atoms with E-state index in [1.54, 1.807) is 0 Å². The van der Waals surface area contributed by atoms with Gasteiger partial charge in [0.1, 0.15) is 0 Å². The fourth-order valence-corrected chi connectivity index (χ4v) is 2.27. The van der Waals surface area contributed by atoms with Crippen LogP contribution < -0.4 is 5.32 Å². The zero-order valence-corrected chi connectivity index (χ0v) is 9.57. The third-order valence-corrected chi connectivity index (χ3v) is 3.10. The van der Waals surface area contributed by atoms with Crippen molar-refractivity contribution in [1.29, 1.82) is 0 Å². The van der Waals surface area contributed by atoms with Crippen LogP contribution in [0, 0.1) is 5.92 Å². The number of rotatable bonds is 4. The molecule has 92 valence electrons. The van der Waals surface area contributed by atoms with Crippen molar-refractivity contribution in [3.05, 3.63) is 0 Å². The van der Waals surface area contributed by atoms with Gasteiger partial charge in [0.05, 0.1) is 13.5 Å². The van der Waals surface area contributed by atoms with E-state index in [0.29, 0.717) is 0 Å². The summed E-state index contributed by atoms with van der Waals surface area (Å²) in [5.41, 5.74) is 0. The van der Waals surface area contributed by atoms with E-state index >= 15 is 0 Å². The van der Waals surface area contributed by atoms with Crippen LogP contribution in [0.4, 0.5) is 4.79 Å². The Labute approximate surface area is 95.2 Å². The zero-order valence-electron chi connectivity index (χ0n) is 9.57. The van der Waals surface area contributed by atoms with E-state index in [4.69, 9.17) is 5.11 Å². The molecular formula is C11H19NO4. The predicted molar refractivity (Wildman–Crippen MR) is 58.2 cm³/mol. The number of carbonyl (C=O) groups excluding carboxylic acids is 1. The number of hydrogen-bond donors (Lipinski definition) is 2. The van der Waals surface area contributed by atoms with Crippen molar-refractivity contribution in [2.45, 2.75) is 44.6 Å². The molecule has 0 spiro atoms. The fourth-order valence-electron chi connectivity index (χ4n) is 2.27. The first kappa shape index (κ1) is 12.8. The highest BCUT2D eigenvalue weighted by atomic mass is 16.5. The maximum absolute atomic E-state index is 11.1. The molecule has 1 atom stereocenters. The van der Waals surface area contributed by atoms with Crippen LogP contribution in [-0.2, 0) is 9.53 Å². The monoisotopic (exact) mass is 229 g/mol. The van der Waals surface area contributed by atoms with Crippen molar-refractivity contribution in [3.8, 4) is 0 Å². The molecule has 16 heavy (non-hydrogen) atoms. The standard InChI is InChI=1S/C11H19NO4/c1-16-11(15)12-9(7-10(13)14)8-5-3-2-4-6-8/h8-9H,2-7H2,1H3,(H,12,15)(H,13,14). The summed E-state index contributed by atoms with van der Waals surface area (Å²) in [6.45, 7) is 0. The van der Waals surface area contributed by atoms with Crippen molar-refractivity contribution in [3.63, 3.8) is 0 Å². The Morgan fingerprint density at radius 2 is 2.00 bits per heavy atom. The number of alkyl carbamates (subject to hydrolysis) is 1. The highest BCUT2D eigenvalue weighted by Gasteiger charge is 2.27. The smallest absolute Gasteiger partial charge is 0.407 e. The molecule has 1 rings (SSSR count). The van der Waals surface area contributed by atoms with Gasteiger partial charge in [-0.15, -0.1) is 0 Å². The minimum atomic E-state index is -0.882. The van der Waals surface area contributed by atoms with E-state index in [1.165, 1.54) is 13.5 Å². The van der Waals surface area contributed by atoms with Gasteiger partial charge < -0.3 is 15.2 Å². The van der Waals surface area contributed by atoms with Crippen molar-refractivity contribution < 1.29 is 19.4 Å². The minimum absolute atomic E-state index is 0.0280. The van der Waals surface area contributed by atoms with Gasteiger partial charge in [-0.25, -0.2) is 4.79 Å². The largest absolute Gasteiger partial charge is 0.481 e. The van der Waals surface area contributed by atoms with Crippen LogP contribution in [0.1, 0.15) is 38.5 Å². The molecule has 0 bridgehead atoms. The maximum atomic E-state index is 11.1. The molecule has 1 aliphatic rings. The highest BCUT2D eigenvalue weighted by molar-refractivity contribution is 5.71. The lowest BCUT2D eigenvalue weighted by molar-refractivity contribution is -0.137. The number of aliphatic carboxylic acids is 1. The molecule has 2 N–H and O–H groups in total. The molecule has 0 heterocycles. The fraction of sp³-hybridized carbons (Fsp3) is 0.818. The van der Waals surface area contributed by atoms with Crippen molar-refractivity contribution in [2.75, 3.05) is 7.11 Å². The first-order chi connectivity index (χ1) is 7.63. The number of carbonyl (C=O) groups is 2. The predicted octanol–water partition coefficient (Wildman–Crippen LogP) is 1.77. The lowest BCUT2D eigenvalue weighted by Gasteiger charge is -2.29. The summed E-state index contributed by atoms with van der Waals surface area (Å²) in [7, 11) is 1.29. The van der Waals surface area contributed by atoms with Crippen LogP contribution in [0.2, 0.25) is 0 Å². The van der Waals surface area contributed by atoms with E-state index in [1.807, 2.05) is 0 Å². The van der Waals surface area contributed by atoms with Crippen molar-refractivity contribution >= 4 is 12.1 Å². The average molecular weight is 229 g/mol. The summed E-state index contributed by atoms with van der Waals surface area (Å²) in [6.07, 6.45) is 4.84. The van der Waals surface area contributed by atoms with Gasteiger partial charge in [-0.05, 0) is 18.8 Å². The molecule has 1 saturated carbocycles. The normalized spacial score (nSPS) is 18.8. The molecule has 5 heteroatoms. The highest BCUT2D eigenvalue weighted by Crippen LogP contribution is 2.27. The zero-order chi connectivity index (χ0) is 12.0. The second kappa shape index (κ2) is 6.35. The van der Waals surface area contributed by atoms with Crippen LogP contribution in [0.15, 0.2) is 0 Å². The molecule has 0 aliphatic heterocycles. The number of carboxylic acid groups (broad SMARTS) is 1. The van der Waals surface area contributed by atoms with Crippen LogP contribution in [0.5, 0.6) is 0 Å². The van der Waals surface area contributed by atoms with E-state index in [0.717, 1.165) is 25.7 Å². The Bertz CT molecular complexity index is 248. The van der Waals surface area contributed by atoms with E-state index in [9.17, 15) is 9.59 Å². The Kier molecular flexibility index (Phi) is 5.08. The molecule has 0 aromatic rings. The van der Waals surface area contributed by atoms with Gasteiger partial charge in [0, 0.05) is 6.04 Å². The number of carboxylic acids is 1. The summed E-state index contributed by atoms with van der Waals surface area (Å²) < 4.78 is 4.51. The molecule has 0 radical (unpaired) electrons. The lowest BCUT2D eigenvalue weighted by Crippen LogP contribution is -2.42. The molecule has 1 fully saturated rings. The number of ether oxygens (including phenoxy) is 1. The second-order valence-electron chi connectivity index (χ2n) is 4.24. The van der Waals surface area contributed by atoms with Crippen LogP contribution >= 0.6 is 0 Å². The Hall–Kier alpha value is -1.26. The molecular weight excluding hydrogens is 210 g/mol. The Morgan fingerprint density at radius 3 is 2.50 bits per heavy atom. The number of methoxy groups -OCH3 is 1. The quantitative estimate of drug-likeness (QED) is 0.770. The van der Waals surface area contributed by atoms with Crippen LogP contribution in [-0.4, -0.2) is 30.3 Å². The van der Waals surface area contributed by atoms with E-state index < -0.39 is 12.1 Å². The van der Waals surface area contributed by atoms with Gasteiger partial charge in [-0.2, -0.15) is 0 Å².